The van der Waals surface area contributed by atoms with E-state index in [1.54, 1.807) is 49.6 Å². The van der Waals surface area contributed by atoms with E-state index in [-0.39, 0.29) is 60.0 Å². The molecule has 316 valence electrons. The van der Waals surface area contributed by atoms with E-state index in [0.29, 0.717) is 48.2 Å². The van der Waals surface area contributed by atoms with Gasteiger partial charge in [-0.1, -0.05) is 38.1 Å². The number of carbonyl (C=O) groups excluding carboxylic acids is 4. The van der Waals surface area contributed by atoms with Crippen molar-refractivity contribution in [2.24, 2.45) is 44.5 Å². The largest absolute Gasteiger partial charge is 0.423 e. The van der Waals surface area contributed by atoms with Gasteiger partial charge < -0.3 is 25.6 Å². The quantitative estimate of drug-likeness (QED) is 0.104. The van der Waals surface area contributed by atoms with Gasteiger partial charge in [0.05, 0.1) is 37.5 Å². The maximum absolute atomic E-state index is 13.7. The minimum Gasteiger partial charge on any atom is -0.423 e. The first-order valence-corrected chi connectivity index (χ1v) is 21.1. The first-order valence-electron chi connectivity index (χ1n) is 21.1. The van der Waals surface area contributed by atoms with Crippen molar-refractivity contribution in [3.63, 3.8) is 0 Å². The maximum Gasteiger partial charge on any atom is 0.341 e. The predicted molar refractivity (Wildman–Crippen MR) is 223 cm³/mol. The maximum atomic E-state index is 13.7. The summed E-state index contributed by atoms with van der Waals surface area (Å²) < 4.78 is 5.80. The molecule has 4 unspecified atom stereocenters. The van der Waals surface area contributed by atoms with Crippen LogP contribution in [-0.2, 0) is 23.9 Å². The number of carbonyl (C=O) groups is 4. The van der Waals surface area contributed by atoms with Gasteiger partial charge in [-0.15, -0.1) is 0 Å². The summed E-state index contributed by atoms with van der Waals surface area (Å²) in [5.74, 6) is -0.231. The zero-order valence-electron chi connectivity index (χ0n) is 34.3. The van der Waals surface area contributed by atoms with Crippen molar-refractivity contribution in [3.05, 3.63) is 59.4 Å². The number of amides is 3. The second kappa shape index (κ2) is 16.5. The second-order valence-electron chi connectivity index (χ2n) is 18.4. The Balaban J connectivity index is 0.953. The zero-order valence-corrected chi connectivity index (χ0v) is 34.3. The SMILES string of the molecule is C=C1CCC2[C@](C)(CC[C@@H](O)[C@@]2(C)CO)C1CC(NC(C)C(=O)NC1=NCC=N1)C1=C/C(=C\c2ccc(NC(=O)CC(=O)NC3C4CN5CC3CN(C4)C5)cc2)OC1=O. The van der Waals surface area contributed by atoms with Crippen molar-refractivity contribution < 1.29 is 34.1 Å². The first kappa shape index (κ1) is 41.2. The molecular formula is C44H58N8O7. The molecule has 4 bridgehead atoms. The van der Waals surface area contributed by atoms with E-state index in [9.17, 15) is 29.4 Å². The zero-order chi connectivity index (χ0) is 41.6. The van der Waals surface area contributed by atoms with E-state index in [4.69, 9.17) is 4.74 Å². The molecule has 2 saturated carbocycles. The fraction of sp³-hybridized carbons (Fsp3) is 0.591. The van der Waals surface area contributed by atoms with Gasteiger partial charge in [0.2, 0.25) is 23.7 Å². The summed E-state index contributed by atoms with van der Waals surface area (Å²) in [6.07, 6.45) is 7.42. The number of rotatable bonds is 12. The van der Waals surface area contributed by atoms with Gasteiger partial charge in [0.15, 0.2) is 0 Å². The number of aliphatic hydroxyl groups is 2. The van der Waals surface area contributed by atoms with Gasteiger partial charge in [-0.05, 0) is 86.1 Å². The Hall–Kier alpha value is -4.54. The molecule has 15 nitrogen and oxygen atoms in total. The number of aliphatic imine (C=N–C) groups is 2. The summed E-state index contributed by atoms with van der Waals surface area (Å²) >= 11 is 0. The number of nitrogens with one attached hydrogen (secondary N) is 4. The third-order valence-electron chi connectivity index (χ3n) is 14.4. The summed E-state index contributed by atoms with van der Waals surface area (Å²) in [5.41, 5.74) is 1.69. The average Bonchev–Trinajstić information content (AvgIpc) is 3.85. The van der Waals surface area contributed by atoms with Crippen LogP contribution in [0.5, 0.6) is 0 Å². The molecule has 7 atom stereocenters. The smallest absolute Gasteiger partial charge is 0.341 e. The van der Waals surface area contributed by atoms with Crippen LogP contribution in [-0.4, -0.2) is 126 Å². The van der Waals surface area contributed by atoms with Gasteiger partial charge in [-0.25, -0.2) is 14.8 Å². The monoisotopic (exact) mass is 810 g/mol. The number of allylic oxidation sites excluding steroid dienone is 2. The lowest BCUT2D eigenvalue weighted by Crippen LogP contribution is -2.71. The van der Waals surface area contributed by atoms with Crippen LogP contribution < -0.4 is 21.3 Å². The van der Waals surface area contributed by atoms with Crippen LogP contribution >= 0.6 is 0 Å². The fourth-order valence-electron chi connectivity index (χ4n) is 11.4. The number of ether oxygens (including phenoxy) is 1. The average molecular weight is 811 g/mol. The summed E-state index contributed by atoms with van der Waals surface area (Å²) in [6, 6.07) is 5.82. The van der Waals surface area contributed by atoms with Crippen molar-refractivity contribution >= 4 is 47.6 Å². The molecule has 2 aliphatic carbocycles. The number of benzene rings is 1. The first-order chi connectivity index (χ1) is 28.2. The number of aliphatic hydroxyl groups excluding tert-OH is 2. The van der Waals surface area contributed by atoms with Gasteiger partial charge in [-0.2, -0.15) is 0 Å². The molecule has 8 aliphatic rings. The highest BCUT2D eigenvalue weighted by atomic mass is 16.5. The van der Waals surface area contributed by atoms with Crippen LogP contribution in [0.3, 0.4) is 0 Å². The standard InChI is InChI=1S/C44H58N8O7/c1-25-5-10-35-43(3,12-11-36(54)44(35,4)23-53)33(25)17-34(47-26(2)40(57)50-42-45-13-14-46-42)32-16-31(59-41(32)58)15-27-6-8-30(9-7-27)48-37(55)18-38(56)49-39-28-19-51-21-29(39)22-52(20-28)24-51/h6-9,13,15-16,26,28-29,33-36,39,47,53-54H,1,5,10-12,14,17-24H2,2-4H3,(H,48,55)(H,49,56)(H,46,50,57)/b31-15+/t26?,28?,29?,33?,34?,35?,36-,39?,43-,44+/m1/s1. The number of piperidine rings is 2. The molecule has 6 N–H and O–H groups in total. The fourth-order valence-corrected chi connectivity index (χ4v) is 11.4. The number of fused-ring (bicyclic) bond motifs is 1. The molecule has 6 fully saturated rings. The minimum atomic E-state index is -0.737. The Morgan fingerprint density at radius 1 is 1.05 bits per heavy atom. The summed E-state index contributed by atoms with van der Waals surface area (Å²) in [7, 11) is 0. The third kappa shape index (κ3) is 8.32. The normalized spacial score (nSPS) is 36.1. The molecule has 0 aromatic heterocycles. The van der Waals surface area contributed by atoms with Gasteiger partial charge in [0.1, 0.15) is 12.2 Å². The Kier molecular flexibility index (Phi) is 11.5. The van der Waals surface area contributed by atoms with Crippen LogP contribution in [0.2, 0.25) is 0 Å². The molecule has 0 spiro atoms. The van der Waals surface area contributed by atoms with E-state index in [1.165, 1.54) is 0 Å². The number of hydrogen-bond acceptors (Lipinski definition) is 12. The molecule has 9 rings (SSSR count). The molecule has 1 aromatic rings. The number of anilines is 1. The Labute approximate surface area is 345 Å². The van der Waals surface area contributed by atoms with Gasteiger partial charge in [0.25, 0.3) is 0 Å². The lowest BCUT2D eigenvalue weighted by molar-refractivity contribution is -0.153. The van der Waals surface area contributed by atoms with Gasteiger partial charge >= 0.3 is 5.97 Å². The van der Waals surface area contributed by atoms with Crippen molar-refractivity contribution in [1.29, 1.82) is 0 Å². The summed E-state index contributed by atoms with van der Waals surface area (Å²) in [4.78, 5) is 65.9. The van der Waals surface area contributed by atoms with Crippen LogP contribution in [0.4, 0.5) is 5.69 Å². The number of nitrogens with zero attached hydrogens (tertiary/aromatic N) is 4. The molecular weight excluding hydrogens is 753 g/mol. The van der Waals surface area contributed by atoms with Gasteiger partial charge in [0, 0.05) is 67.4 Å². The lowest BCUT2D eigenvalue weighted by atomic mass is 9.46. The number of hydrogen-bond donors (Lipinski definition) is 6. The summed E-state index contributed by atoms with van der Waals surface area (Å²) in [5, 5.41) is 33.8. The number of esters is 1. The lowest BCUT2D eigenvalue weighted by Gasteiger charge is -2.60. The number of guanidine groups is 1. The molecule has 6 heterocycles. The summed E-state index contributed by atoms with van der Waals surface area (Å²) in [6.45, 7) is 15.6. The Morgan fingerprint density at radius 2 is 1.76 bits per heavy atom. The highest BCUT2D eigenvalue weighted by molar-refractivity contribution is 6.05. The highest BCUT2D eigenvalue weighted by Gasteiger charge is 2.58. The van der Waals surface area contributed by atoms with Crippen molar-refractivity contribution in [1.82, 2.24) is 25.8 Å². The van der Waals surface area contributed by atoms with Crippen LogP contribution in [0.1, 0.15) is 64.9 Å². The van der Waals surface area contributed by atoms with Crippen molar-refractivity contribution in [2.45, 2.75) is 83.5 Å². The van der Waals surface area contributed by atoms with Crippen molar-refractivity contribution in [2.75, 3.05) is 51.3 Å². The van der Waals surface area contributed by atoms with E-state index in [1.807, 2.05) is 6.92 Å². The molecule has 4 saturated heterocycles. The molecule has 15 heteroatoms. The van der Waals surface area contributed by atoms with Crippen LogP contribution in [0.15, 0.2) is 63.8 Å². The van der Waals surface area contributed by atoms with Crippen molar-refractivity contribution in [3.8, 4) is 0 Å². The van der Waals surface area contributed by atoms with E-state index in [2.05, 4.69) is 54.6 Å². The predicted octanol–water partition coefficient (Wildman–Crippen LogP) is 2.19. The van der Waals surface area contributed by atoms with Gasteiger partial charge in [-0.3, -0.25) is 34.8 Å². The van der Waals surface area contributed by atoms with E-state index < -0.39 is 29.6 Å². The third-order valence-corrected chi connectivity index (χ3v) is 14.4. The van der Waals surface area contributed by atoms with E-state index >= 15 is 0 Å². The molecule has 1 aromatic carbocycles. The van der Waals surface area contributed by atoms with E-state index in [0.717, 1.165) is 63.2 Å². The highest BCUT2D eigenvalue weighted by Crippen LogP contribution is 2.62. The van der Waals surface area contributed by atoms with Crippen LogP contribution in [0, 0.1) is 34.5 Å². The second-order valence-corrected chi connectivity index (χ2v) is 18.4. The molecule has 3 amide bonds. The molecule has 59 heavy (non-hydrogen) atoms. The number of cyclic esters (lactones) is 1. The molecule has 0 radical (unpaired) electrons. The van der Waals surface area contributed by atoms with Crippen LogP contribution in [0.25, 0.3) is 6.08 Å². The Bertz CT molecular complexity index is 1970. The Morgan fingerprint density at radius 3 is 2.42 bits per heavy atom. The topological polar surface area (TPSA) is 197 Å². The minimum absolute atomic E-state index is 0.0208. The molecule has 6 aliphatic heterocycles.